The lowest BCUT2D eigenvalue weighted by molar-refractivity contribution is 1.08. The molecule has 0 unspecified atom stereocenters. The van der Waals surface area contributed by atoms with Crippen molar-refractivity contribution in [1.29, 1.82) is 5.26 Å². The summed E-state index contributed by atoms with van der Waals surface area (Å²) < 4.78 is 2.35. The molecule has 0 bridgehead atoms. The van der Waals surface area contributed by atoms with Crippen LogP contribution in [-0.2, 0) is 0 Å². The molecule has 272 valence electrons. The van der Waals surface area contributed by atoms with Crippen LogP contribution >= 0.6 is 0 Å². The first-order valence-electron chi connectivity index (χ1n) is 20.0. The van der Waals surface area contributed by atoms with E-state index >= 15 is 0 Å². The van der Waals surface area contributed by atoms with Crippen LogP contribution in [0.2, 0.25) is 0 Å². The number of nitrogens with zero attached hydrogens (tertiary/aromatic N) is 3. The van der Waals surface area contributed by atoms with Crippen LogP contribution in [0, 0.1) is 11.3 Å². The molecule has 1 heterocycles. The first-order valence-corrected chi connectivity index (χ1v) is 20.0. The fourth-order valence-corrected chi connectivity index (χ4v) is 9.35. The van der Waals surface area contributed by atoms with E-state index in [-0.39, 0.29) is 0 Å². The van der Waals surface area contributed by atoms with E-state index in [4.69, 9.17) is 0 Å². The molecule has 0 amide bonds. The van der Waals surface area contributed by atoms with Gasteiger partial charge in [-0.2, -0.15) is 5.26 Å². The highest BCUT2D eigenvalue weighted by Crippen LogP contribution is 2.44. The average molecular weight is 740 g/mol. The third-order valence-corrected chi connectivity index (χ3v) is 11.9. The Morgan fingerprint density at radius 3 is 1.71 bits per heavy atom. The summed E-state index contributed by atoms with van der Waals surface area (Å²) in [7, 11) is 0. The number of anilines is 3. The molecule has 9 aromatic carbocycles. The molecule has 0 fully saturated rings. The Bertz CT molecular complexity index is 3330. The zero-order valence-corrected chi connectivity index (χ0v) is 31.8. The molecule has 3 nitrogen and oxygen atoms in total. The van der Waals surface area contributed by atoms with Gasteiger partial charge >= 0.3 is 0 Å². The Morgan fingerprint density at radius 1 is 0.466 bits per heavy atom. The highest BCUT2D eigenvalue weighted by molar-refractivity contribution is 6.19. The average Bonchev–Trinajstić information content (AvgIpc) is 3.63. The minimum absolute atomic E-state index is 0.635. The van der Waals surface area contributed by atoms with Crippen LogP contribution in [0.25, 0.3) is 71.8 Å². The number of hydrogen-bond donors (Lipinski definition) is 0. The molecule has 1 aliphatic rings. The van der Waals surface area contributed by atoms with Crippen LogP contribution < -0.4 is 15.3 Å². The third kappa shape index (κ3) is 5.42. The van der Waals surface area contributed by atoms with Gasteiger partial charge in [0, 0.05) is 33.5 Å². The van der Waals surface area contributed by atoms with E-state index in [0.29, 0.717) is 5.56 Å². The van der Waals surface area contributed by atoms with Crippen molar-refractivity contribution in [2.75, 3.05) is 4.90 Å². The fraction of sp³-hybridized carbons (Fsp3) is 0.0364. The number of hydrogen-bond acceptors (Lipinski definition) is 2. The van der Waals surface area contributed by atoms with Crippen molar-refractivity contribution >= 4 is 72.1 Å². The number of benzene rings is 9. The summed E-state index contributed by atoms with van der Waals surface area (Å²) in [6.45, 7) is 0. The standard InChI is InChI=1S/C55H37N3/c56-36-37-25-29-41(30-26-37)57(43-33-34-53-51(35-43)45-18-10-11-24-52(45)58(53)40-15-2-1-3-16-40)42-31-27-39(28-32-42)54-47-19-6-8-21-49(47)55(50-22-9-7-20-48(50)54)46-23-12-14-38-13-4-5-17-44(38)46/h1-11,13-22,24-35H,12,23H2. The van der Waals surface area contributed by atoms with Gasteiger partial charge in [-0.05, 0) is 140 Å². The Labute approximate surface area is 336 Å². The van der Waals surface area contributed by atoms with Gasteiger partial charge in [-0.25, -0.2) is 0 Å². The molecule has 0 saturated heterocycles. The predicted molar refractivity (Wildman–Crippen MR) is 243 cm³/mol. The van der Waals surface area contributed by atoms with Gasteiger partial charge in [-0.15, -0.1) is 0 Å². The van der Waals surface area contributed by atoms with E-state index in [1.54, 1.807) is 0 Å². The molecule has 0 N–H and O–H groups in total. The molecule has 1 aliphatic carbocycles. The van der Waals surface area contributed by atoms with E-state index in [0.717, 1.165) is 41.1 Å². The topological polar surface area (TPSA) is 32.0 Å². The molecule has 0 spiro atoms. The highest BCUT2D eigenvalue weighted by atomic mass is 15.1. The van der Waals surface area contributed by atoms with Crippen molar-refractivity contribution in [1.82, 2.24) is 4.57 Å². The maximum Gasteiger partial charge on any atom is 0.0991 e. The lowest BCUT2D eigenvalue weighted by Gasteiger charge is -2.26. The van der Waals surface area contributed by atoms with E-state index in [1.165, 1.54) is 70.5 Å². The fourth-order valence-electron chi connectivity index (χ4n) is 9.35. The van der Waals surface area contributed by atoms with Gasteiger partial charge in [0.25, 0.3) is 0 Å². The third-order valence-electron chi connectivity index (χ3n) is 11.9. The minimum Gasteiger partial charge on any atom is -0.310 e. The van der Waals surface area contributed by atoms with E-state index in [9.17, 15) is 5.26 Å². The first-order chi connectivity index (χ1) is 28.7. The number of fused-ring (bicyclic) bond motifs is 6. The molecule has 10 aromatic rings. The SMILES string of the molecule is N#Cc1ccc(N(c2ccc(-c3c4ccccc4c(C4=c5ccccc5=CCC4)c4ccccc34)cc2)c2ccc3c(c2)c2ccccc2n3-c2ccccc2)cc1. The van der Waals surface area contributed by atoms with Crippen LogP contribution in [0.1, 0.15) is 24.0 Å². The van der Waals surface area contributed by atoms with E-state index in [1.807, 2.05) is 24.3 Å². The van der Waals surface area contributed by atoms with Crippen molar-refractivity contribution in [2.24, 2.45) is 0 Å². The summed E-state index contributed by atoms with van der Waals surface area (Å²) in [4.78, 5) is 2.30. The Balaban J connectivity index is 1.09. The Kier molecular flexibility index (Phi) is 8.01. The van der Waals surface area contributed by atoms with Crippen molar-refractivity contribution in [3.05, 3.63) is 216 Å². The second-order valence-electron chi connectivity index (χ2n) is 15.1. The van der Waals surface area contributed by atoms with Crippen molar-refractivity contribution in [3.63, 3.8) is 0 Å². The maximum atomic E-state index is 9.67. The molecule has 11 rings (SSSR count). The van der Waals surface area contributed by atoms with Gasteiger partial charge in [0.2, 0.25) is 0 Å². The molecule has 58 heavy (non-hydrogen) atoms. The lowest BCUT2D eigenvalue weighted by atomic mass is 9.83. The van der Waals surface area contributed by atoms with Crippen molar-refractivity contribution in [3.8, 4) is 22.9 Å². The minimum atomic E-state index is 0.635. The molecule has 0 aliphatic heterocycles. The smallest absolute Gasteiger partial charge is 0.0991 e. The van der Waals surface area contributed by atoms with Gasteiger partial charge in [0.05, 0.1) is 22.7 Å². The second kappa shape index (κ2) is 13.8. The second-order valence-corrected chi connectivity index (χ2v) is 15.1. The lowest BCUT2D eigenvalue weighted by Crippen LogP contribution is -2.29. The van der Waals surface area contributed by atoms with Crippen LogP contribution in [-0.4, -0.2) is 4.57 Å². The monoisotopic (exact) mass is 739 g/mol. The van der Waals surface area contributed by atoms with Crippen molar-refractivity contribution < 1.29 is 0 Å². The summed E-state index contributed by atoms with van der Waals surface area (Å²) in [6, 6.07) is 71.9. The Hall–Kier alpha value is -7.67. The van der Waals surface area contributed by atoms with Gasteiger partial charge in [-0.1, -0.05) is 127 Å². The molecular formula is C55H37N3. The van der Waals surface area contributed by atoms with E-state index in [2.05, 4.69) is 191 Å². The van der Waals surface area contributed by atoms with Gasteiger partial charge in [0.15, 0.2) is 0 Å². The predicted octanol–water partition coefficient (Wildman–Crippen LogP) is 12.9. The largest absolute Gasteiger partial charge is 0.310 e. The Morgan fingerprint density at radius 2 is 1.02 bits per heavy atom. The molecular weight excluding hydrogens is 703 g/mol. The summed E-state index contributed by atoms with van der Waals surface area (Å²) in [6.07, 6.45) is 4.43. The van der Waals surface area contributed by atoms with E-state index < -0.39 is 0 Å². The molecule has 1 aromatic heterocycles. The zero-order valence-electron chi connectivity index (χ0n) is 31.8. The van der Waals surface area contributed by atoms with Gasteiger partial charge in [0.1, 0.15) is 0 Å². The summed E-state index contributed by atoms with van der Waals surface area (Å²) >= 11 is 0. The van der Waals surface area contributed by atoms with Crippen molar-refractivity contribution in [2.45, 2.75) is 12.8 Å². The van der Waals surface area contributed by atoms with Crippen LogP contribution in [0.3, 0.4) is 0 Å². The summed E-state index contributed by atoms with van der Waals surface area (Å²) in [5, 5.41) is 19.8. The maximum absolute atomic E-state index is 9.67. The first kappa shape index (κ1) is 33.6. The molecule has 0 saturated carbocycles. The summed E-state index contributed by atoms with van der Waals surface area (Å²) in [5.74, 6) is 0. The number of rotatable bonds is 6. The summed E-state index contributed by atoms with van der Waals surface area (Å²) in [5.41, 5.74) is 12.4. The normalized spacial score (nSPS) is 12.4. The molecule has 0 atom stereocenters. The van der Waals surface area contributed by atoms with Crippen LogP contribution in [0.5, 0.6) is 0 Å². The molecule has 3 heteroatoms. The van der Waals surface area contributed by atoms with Gasteiger partial charge in [-0.3, -0.25) is 0 Å². The molecule has 0 radical (unpaired) electrons. The highest BCUT2D eigenvalue weighted by Gasteiger charge is 2.21. The number of para-hydroxylation sites is 2. The number of nitriles is 1. The zero-order chi connectivity index (χ0) is 38.6. The number of aromatic nitrogens is 1. The van der Waals surface area contributed by atoms with Crippen LogP contribution in [0.4, 0.5) is 17.1 Å². The van der Waals surface area contributed by atoms with Gasteiger partial charge < -0.3 is 9.47 Å². The quantitative estimate of drug-likeness (QED) is 0.159. The van der Waals surface area contributed by atoms with Crippen LogP contribution in [0.15, 0.2) is 194 Å².